The minimum Gasteiger partial charge on any atom is -0.379 e. The van der Waals surface area contributed by atoms with Gasteiger partial charge in [0, 0.05) is 53.9 Å². The van der Waals surface area contributed by atoms with Gasteiger partial charge in [-0.1, -0.05) is 18.2 Å². The molecular weight excluding hydrogens is 386 g/mol. The number of fused-ring (bicyclic) bond motifs is 2. The highest BCUT2D eigenvalue weighted by molar-refractivity contribution is 5.97. The highest BCUT2D eigenvalue weighted by Crippen LogP contribution is 2.32. The van der Waals surface area contributed by atoms with E-state index >= 15 is 0 Å². The van der Waals surface area contributed by atoms with E-state index in [2.05, 4.69) is 73.6 Å². The molecule has 0 bridgehead atoms. The van der Waals surface area contributed by atoms with Crippen LogP contribution in [0, 0.1) is 0 Å². The molecule has 1 saturated heterocycles. The zero-order valence-corrected chi connectivity index (χ0v) is 17.1. The fourth-order valence-electron chi connectivity index (χ4n) is 4.36. The summed E-state index contributed by atoms with van der Waals surface area (Å²) in [5, 5.41) is 10.1. The number of benzene rings is 2. The Morgan fingerprint density at radius 1 is 0.935 bits per heavy atom. The van der Waals surface area contributed by atoms with Crippen molar-refractivity contribution in [3.8, 4) is 22.5 Å². The van der Waals surface area contributed by atoms with Crippen molar-refractivity contribution in [1.82, 2.24) is 25.1 Å². The summed E-state index contributed by atoms with van der Waals surface area (Å²) in [6.07, 6.45) is 3.68. The Hall–Kier alpha value is -3.48. The Balaban J connectivity index is 1.36. The Morgan fingerprint density at radius 3 is 2.71 bits per heavy atom. The molecule has 3 aromatic heterocycles. The highest BCUT2D eigenvalue weighted by atomic mass is 16.5. The maximum absolute atomic E-state index is 5.46. The van der Waals surface area contributed by atoms with E-state index in [1.165, 1.54) is 10.9 Å². The number of aromatic nitrogens is 4. The molecule has 0 atom stereocenters. The van der Waals surface area contributed by atoms with Gasteiger partial charge >= 0.3 is 0 Å². The van der Waals surface area contributed by atoms with Crippen LogP contribution in [0.5, 0.6) is 0 Å². The first kappa shape index (κ1) is 18.3. The molecule has 0 aliphatic carbocycles. The summed E-state index contributed by atoms with van der Waals surface area (Å²) < 4.78 is 5.46. The van der Waals surface area contributed by atoms with Crippen LogP contribution < -0.4 is 0 Å². The van der Waals surface area contributed by atoms with Gasteiger partial charge < -0.3 is 9.72 Å². The van der Waals surface area contributed by atoms with Crippen molar-refractivity contribution in [3.63, 3.8) is 0 Å². The van der Waals surface area contributed by atoms with Gasteiger partial charge in [-0.15, -0.1) is 0 Å². The standard InChI is InChI=1S/C25H23N5O/c1-2-19(15-26-7-1)18-4-6-23-21(13-18)25(29-28-23)24-14-20-12-17(3-5-22(20)27-24)16-30-8-10-31-11-9-30/h1-7,12-15,27H,8-11,16H2,(H,28,29). The van der Waals surface area contributed by atoms with Crippen LogP contribution in [0.25, 0.3) is 44.3 Å². The maximum atomic E-state index is 5.46. The van der Waals surface area contributed by atoms with E-state index in [0.29, 0.717) is 0 Å². The van der Waals surface area contributed by atoms with Crippen molar-refractivity contribution in [1.29, 1.82) is 0 Å². The topological polar surface area (TPSA) is 69.8 Å². The second kappa shape index (κ2) is 7.65. The third kappa shape index (κ3) is 3.50. The summed E-state index contributed by atoms with van der Waals surface area (Å²) in [5.41, 5.74) is 7.66. The van der Waals surface area contributed by atoms with Gasteiger partial charge in [0.15, 0.2) is 0 Å². The summed E-state index contributed by atoms with van der Waals surface area (Å²) in [6.45, 7) is 4.59. The molecule has 4 heterocycles. The van der Waals surface area contributed by atoms with Crippen LogP contribution in [-0.4, -0.2) is 51.4 Å². The number of nitrogens with one attached hydrogen (secondary N) is 2. The van der Waals surface area contributed by atoms with Crippen molar-refractivity contribution in [2.45, 2.75) is 6.54 Å². The van der Waals surface area contributed by atoms with Crippen molar-refractivity contribution >= 4 is 21.8 Å². The van der Waals surface area contributed by atoms with Gasteiger partial charge in [-0.2, -0.15) is 5.10 Å². The fraction of sp³-hybridized carbons (Fsp3) is 0.200. The lowest BCUT2D eigenvalue weighted by atomic mass is 10.0. The van der Waals surface area contributed by atoms with Gasteiger partial charge in [0.05, 0.1) is 24.4 Å². The van der Waals surface area contributed by atoms with Crippen LogP contribution in [-0.2, 0) is 11.3 Å². The number of hydrogen-bond donors (Lipinski definition) is 2. The molecule has 1 fully saturated rings. The van der Waals surface area contributed by atoms with Crippen LogP contribution in [0.4, 0.5) is 0 Å². The van der Waals surface area contributed by atoms with Crippen LogP contribution in [0.15, 0.2) is 67.0 Å². The molecule has 0 amide bonds. The molecule has 31 heavy (non-hydrogen) atoms. The molecule has 0 spiro atoms. The lowest BCUT2D eigenvalue weighted by Crippen LogP contribution is -2.35. The van der Waals surface area contributed by atoms with Crippen molar-refractivity contribution < 1.29 is 4.74 Å². The number of ether oxygens (including phenoxy) is 1. The Kier molecular flexibility index (Phi) is 4.52. The lowest BCUT2D eigenvalue weighted by molar-refractivity contribution is 0.0342. The average molecular weight is 409 g/mol. The molecule has 1 aliphatic heterocycles. The third-order valence-corrected chi connectivity index (χ3v) is 6.01. The quantitative estimate of drug-likeness (QED) is 0.455. The number of pyridine rings is 1. The second-order valence-electron chi connectivity index (χ2n) is 8.07. The summed E-state index contributed by atoms with van der Waals surface area (Å²) in [5.74, 6) is 0. The van der Waals surface area contributed by atoms with E-state index in [-0.39, 0.29) is 0 Å². The first-order chi connectivity index (χ1) is 15.3. The van der Waals surface area contributed by atoms with Gasteiger partial charge in [-0.05, 0) is 47.5 Å². The first-order valence-corrected chi connectivity index (χ1v) is 10.6. The molecule has 0 saturated carbocycles. The zero-order chi connectivity index (χ0) is 20.6. The largest absolute Gasteiger partial charge is 0.379 e. The third-order valence-electron chi connectivity index (χ3n) is 6.01. The minimum atomic E-state index is 0.823. The van der Waals surface area contributed by atoms with Gasteiger partial charge in [0.1, 0.15) is 5.69 Å². The molecule has 2 aromatic carbocycles. The Labute approximate surface area is 179 Å². The van der Waals surface area contributed by atoms with E-state index in [4.69, 9.17) is 4.74 Å². The van der Waals surface area contributed by atoms with Gasteiger partial charge in [0.25, 0.3) is 0 Å². The number of nitrogens with zero attached hydrogens (tertiary/aromatic N) is 3. The molecule has 154 valence electrons. The average Bonchev–Trinajstić information content (AvgIpc) is 3.43. The number of rotatable bonds is 4. The summed E-state index contributed by atoms with van der Waals surface area (Å²) in [6, 6.07) is 19.3. The number of morpholine rings is 1. The zero-order valence-electron chi connectivity index (χ0n) is 17.1. The van der Waals surface area contributed by atoms with Crippen molar-refractivity contribution in [2.24, 2.45) is 0 Å². The number of hydrogen-bond acceptors (Lipinski definition) is 4. The Bertz CT molecular complexity index is 1350. The molecule has 6 heteroatoms. The van der Waals surface area contributed by atoms with Gasteiger partial charge in [-0.3, -0.25) is 15.0 Å². The van der Waals surface area contributed by atoms with E-state index in [1.54, 1.807) is 6.20 Å². The van der Waals surface area contributed by atoms with Crippen molar-refractivity contribution in [2.75, 3.05) is 26.3 Å². The highest BCUT2D eigenvalue weighted by Gasteiger charge is 2.14. The van der Waals surface area contributed by atoms with Crippen LogP contribution >= 0.6 is 0 Å². The molecule has 6 nitrogen and oxygen atoms in total. The molecular formula is C25H23N5O. The van der Waals surface area contributed by atoms with Gasteiger partial charge in [-0.25, -0.2) is 0 Å². The SMILES string of the molecule is c1cncc(-c2ccc3[nH]nc(-c4cc5cc(CN6CCOCC6)ccc5[nH]4)c3c2)c1. The lowest BCUT2D eigenvalue weighted by Gasteiger charge is -2.26. The monoisotopic (exact) mass is 409 g/mol. The molecule has 5 aromatic rings. The van der Waals surface area contributed by atoms with E-state index < -0.39 is 0 Å². The summed E-state index contributed by atoms with van der Waals surface area (Å²) in [4.78, 5) is 10.2. The minimum absolute atomic E-state index is 0.823. The summed E-state index contributed by atoms with van der Waals surface area (Å²) >= 11 is 0. The second-order valence-corrected chi connectivity index (χ2v) is 8.07. The molecule has 2 N–H and O–H groups in total. The van der Waals surface area contributed by atoms with Crippen LogP contribution in [0.3, 0.4) is 0 Å². The fourth-order valence-corrected chi connectivity index (χ4v) is 4.36. The molecule has 6 rings (SSSR count). The predicted molar refractivity (Wildman–Crippen MR) is 123 cm³/mol. The molecule has 0 radical (unpaired) electrons. The first-order valence-electron chi connectivity index (χ1n) is 10.6. The number of H-pyrrole nitrogens is 2. The molecule has 1 aliphatic rings. The smallest absolute Gasteiger partial charge is 0.116 e. The van der Waals surface area contributed by atoms with Crippen LogP contribution in [0.2, 0.25) is 0 Å². The number of aromatic amines is 2. The van der Waals surface area contributed by atoms with E-state index in [0.717, 1.165) is 71.8 Å². The maximum Gasteiger partial charge on any atom is 0.116 e. The van der Waals surface area contributed by atoms with E-state index in [9.17, 15) is 0 Å². The van der Waals surface area contributed by atoms with E-state index in [1.807, 2.05) is 12.3 Å². The van der Waals surface area contributed by atoms with Crippen LogP contribution in [0.1, 0.15) is 5.56 Å². The van der Waals surface area contributed by atoms with Gasteiger partial charge in [0.2, 0.25) is 0 Å². The normalized spacial score (nSPS) is 15.1. The summed E-state index contributed by atoms with van der Waals surface area (Å²) in [7, 11) is 0. The predicted octanol–water partition coefficient (Wildman–Crippen LogP) is 4.61. The Morgan fingerprint density at radius 2 is 1.84 bits per heavy atom. The van der Waals surface area contributed by atoms with Crippen molar-refractivity contribution in [3.05, 3.63) is 72.6 Å². The molecule has 0 unspecified atom stereocenters.